The van der Waals surface area contributed by atoms with Gasteiger partial charge in [-0.25, -0.2) is 4.39 Å². The van der Waals surface area contributed by atoms with Crippen LogP contribution in [0.1, 0.15) is 29.5 Å². The summed E-state index contributed by atoms with van der Waals surface area (Å²) in [6.45, 7) is 2.60. The minimum atomic E-state index is -0.215. The number of halogens is 1. The van der Waals surface area contributed by atoms with E-state index in [9.17, 15) is 9.18 Å². The molecule has 4 nitrogen and oxygen atoms in total. The molecule has 2 aromatic carbocycles. The first-order valence-electron chi connectivity index (χ1n) is 9.08. The number of rotatable bonds is 5. The lowest BCUT2D eigenvalue weighted by molar-refractivity contribution is -0.117. The fourth-order valence-corrected chi connectivity index (χ4v) is 3.22. The van der Waals surface area contributed by atoms with Crippen LogP contribution in [0.3, 0.4) is 0 Å². The van der Waals surface area contributed by atoms with Crippen molar-refractivity contribution in [3.8, 4) is 6.07 Å². The molecule has 0 saturated carbocycles. The molecule has 1 N–H and O–H groups in total. The van der Waals surface area contributed by atoms with E-state index in [4.69, 9.17) is 5.26 Å². The quantitative estimate of drug-likeness (QED) is 0.828. The van der Waals surface area contributed by atoms with Gasteiger partial charge in [-0.3, -0.25) is 9.69 Å². The highest BCUT2D eigenvalue weighted by Crippen LogP contribution is 2.14. The van der Waals surface area contributed by atoms with Crippen molar-refractivity contribution in [2.45, 2.75) is 25.4 Å². The summed E-state index contributed by atoms with van der Waals surface area (Å²) in [6.07, 6.45) is 5.02. The Bertz CT molecular complexity index is 847. The van der Waals surface area contributed by atoms with Crippen LogP contribution in [0, 0.1) is 17.1 Å². The highest BCUT2D eigenvalue weighted by Gasteiger charge is 2.20. The zero-order valence-electron chi connectivity index (χ0n) is 15.1. The molecule has 1 saturated heterocycles. The maximum Gasteiger partial charge on any atom is 0.244 e. The molecule has 0 radical (unpaired) electrons. The normalized spacial score (nSPS) is 15.6. The zero-order chi connectivity index (χ0) is 19.1. The van der Waals surface area contributed by atoms with Crippen molar-refractivity contribution in [3.63, 3.8) is 0 Å². The fourth-order valence-electron chi connectivity index (χ4n) is 3.22. The van der Waals surface area contributed by atoms with Crippen LogP contribution in [0.5, 0.6) is 0 Å². The molecule has 3 rings (SSSR count). The molecule has 1 aliphatic heterocycles. The predicted molar refractivity (Wildman–Crippen MR) is 103 cm³/mol. The van der Waals surface area contributed by atoms with E-state index in [1.54, 1.807) is 24.3 Å². The van der Waals surface area contributed by atoms with Crippen LogP contribution in [-0.4, -0.2) is 29.9 Å². The zero-order valence-corrected chi connectivity index (χ0v) is 15.1. The Hall–Kier alpha value is -2.97. The van der Waals surface area contributed by atoms with Gasteiger partial charge >= 0.3 is 0 Å². The van der Waals surface area contributed by atoms with Gasteiger partial charge in [0.15, 0.2) is 0 Å². The third-order valence-electron chi connectivity index (χ3n) is 4.70. The second-order valence-corrected chi connectivity index (χ2v) is 6.76. The van der Waals surface area contributed by atoms with Crippen LogP contribution in [0.25, 0.3) is 6.08 Å². The van der Waals surface area contributed by atoms with E-state index < -0.39 is 0 Å². The maximum absolute atomic E-state index is 13.0. The Morgan fingerprint density at radius 1 is 1.22 bits per heavy atom. The van der Waals surface area contributed by atoms with Crippen LogP contribution in [-0.2, 0) is 11.3 Å². The van der Waals surface area contributed by atoms with Crippen molar-refractivity contribution in [1.29, 1.82) is 5.26 Å². The Morgan fingerprint density at radius 3 is 2.67 bits per heavy atom. The molecule has 138 valence electrons. The third-order valence-corrected chi connectivity index (χ3v) is 4.70. The van der Waals surface area contributed by atoms with Crippen LogP contribution in [0.15, 0.2) is 54.6 Å². The number of amides is 1. The van der Waals surface area contributed by atoms with Crippen LogP contribution in [0.4, 0.5) is 4.39 Å². The maximum atomic E-state index is 13.0. The molecule has 0 spiro atoms. The molecule has 2 aromatic rings. The van der Waals surface area contributed by atoms with E-state index in [2.05, 4.69) is 16.3 Å². The predicted octanol–water partition coefficient (Wildman–Crippen LogP) is 3.49. The largest absolute Gasteiger partial charge is 0.350 e. The minimum Gasteiger partial charge on any atom is -0.350 e. The van der Waals surface area contributed by atoms with Crippen molar-refractivity contribution in [1.82, 2.24) is 10.2 Å². The summed E-state index contributed by atoms with van der Waals surface area (Å²) < 4.78 is 13.0. The lowest BCUT2D eigenvalue weighted by atomic mass is 10.0. The Kier molecular flexibility index (Phi) is 6.35. The van der Waals surface area contributed by atoms with E-state index in [1.807, 2.05) is 18.2 Å². The standard InChI is InChI=1S/C22H22FN3O/c23-20-7-4-18(5-8-20)16-26-12-10-21(11-13-26)25-22(27)9-6-17-2-1-3-19(14-17)15-24/h1-9,14,21H,10-13,16H2,(H,25,27)/b9-6+. The highest BCUT2D eigenvalue weighted by atomic mass is 19.1. The van der Waals surface area contributed by atoms with Gasteiger partial charge in [-0.2, -0.15) is 5.26 Å². The van der Waals surface area contributed by atoms with E-state index in [0.717, 1.165) is 43.6 Å². The summed E-state index contributed by atoms with van der Waals surface area (Å²) in [7, 11) is 0. The molecule has 1 fully saturated rings. The smallest absolute Gasteiger partial charge is 0.244 e. The van der Waals surface area contributed by atoms with Crippen LogP contribution >= 0.6 is 0 Å². The first-order valence-corrected chi connectivity index (χ1v) is 9.08. The second-order valence-electron chi connectivity index (χ2n) is 6.76. The summed E-state index contributed by atoms with van der Waals surface area (Å²) in [5, 5.41) is 12.0. The van der Waals surface area contributed by atoms with Crippen molar-refractivity contribution in [2.75, 3.05) is 13.1 Å². The van der Waals surface area contributed by atoms with Gasteiger partial charge in [0.1, 0.15) is 5.82 Å². The summed E-state index contributed by atoms with van der Waals surface area (Å²) >= 11 is 0. The molecular weight excluding hydrogens is 341 g/mol. The molecule has 0 aromatic heterocycles. The Morgan fingerprint density at radius 2 is 1.96 bits per heavy atom. The monoisotopic (exact) mass is 363 g/mol. The summed E-state index contributed by atoms with van der Waals surface area (Å²) in [5.74, 6) is -0.332. The van der Waals surface area contributed by atoms with Crippen molar-refractivity contribution in [3.05, 3.63) is 77.1 Å². The average molecular weight is 363 g/mol. The van der Waals surface area contributed by atoms with E-state index >= 15 is 0 Å². The Balaban J connectivity index is 1.44. The lowest BCUT2D eigenvalue weighted by Gasteiger charge is -2.32. The third kappa shape index (κ3) is 5.77. The second kappa shape index (κ2) is 9.11. The van der Waals surface area contributed by atoms with Gasteiger partial charge in [0.25, 0.3) is 0 Å². The molecule has 1 aliphatic rings. The number of benzene rings is 2. The van der Waals surface area contributed by atoms with Gasteiger partial charge in [-0.15, -0.1) is 0 Å². The van der Waals surface area contributed by atoms with Crippen LogP contribution < -0.4 is 5.32 Å². The number of nitriles is 1. The number of carbonyl (C=O) groups is 1. The molecule has 0 bridgehead atoms. The molecule has 27 heavy (non-hydrogen) atoms. The van der Waals surface area contributed by atoms with Gasteiger partial charge in [0, 0.05) is 31.8 Å². The number of nitrogens with zero attached hydrogens (tertiary/aromatic N) is 2. The molecule has 1 amide bonds. The number of likely N-dealkylation sites (tertiary alicyclic amines) is 1. The van der Waals surface area contributed by atoms with Crippen LogP contribution in [0.2, 0.25) is 0 Å². The van der Waals surface area contributed by atoms with Crippen molar-refractivity contribution in [2.24, 2.45) is 0 Å². The highest BCUT2D eigenvalue weighted by molar-refractivity contribution is 5.91. The average Bonchev–Trinajstić information content (AvgIpc) is 2.70. The molecule has 5 heteroatoms. The van der Waals surface area contributed by atoms with E-state index in [1.165, 1.54) is 18.2 Å². The number of hydrogen-bond acceptors (Lipinski definition) is 3. The first-order chi connectivity index (χ1) is 13.1. The topological polar surface area (TPSA) is 56.1 Å². The number of hydrogen-bond donors (Lipinski definition) is 1. The molecule has 0 aliphatic carbocycles. The van der Waals surface area contributed by atoms with Gasteiger partial charge in [0.2, 0.25) is 5.91 Å². The summed E-state index contributed by atoms with van der Waals surface area (Å²) in [6, 6.07) is 16.0. The van der Waals surface area contributed by atoms with Gasteiger partial charge < -0.3 is 5.32 Å². The molecule has 0 unspecified atom stereocenters. The molecular formula is C22H22FN3O. The molecule has 0 atom stereocenters. The minimum absolute atomic E-state index is 0.116. The van der Waals surface area contributed by atoms with E-state index in [0.29, 0.717) is 5.56 Å². The Labute approximate surface area is 158 Å². The SMILES string of the molecule is N#Cc1cccc(/C=C/C(=O)NC2CCN(Cc3ccc(F)cc3)CC2)c1. The lowest BCUT2D eigenvalue weighted by Crippen LogP contribution is -2.43. The number of carbonyl (C=O) groups excluding carboxylic acids is 1. The van der Waals surface area contributed by atoms with Gasteiger partial charge in [0.05, 0.1) is 11.6 Å². The molecule has 1 heterocycles. The number of nitrogens with one attached hydrogen (secondary N) is 1. The summed E-state index contributed by atoms with van der Waals surface area (Å²) in [4.78, 5) is 14.5. The summed E-state index contributed by atoms with van der Waals surface area (Å²) in [5.41, 5.74) is 2.51. The van der Waals surface area contributed by atoms with Gasteiger partial charge in [-0.05, 0) is 54.3 Å². The number of piperidine rings is 1. The van der Waals surface area contributed by atoms with Crippen molar-refractivity contribution >= 4 is 12.0 Å². The van der Waals surface area contributed by atoms with E-state index in [-0.39, 0.29) is 17.8 Å². The van der Waals surface area contributed by atoms with Crippen molar-refractivity contribution < 1.29 is 9.18 Å². The first kappa shape index (κ1) is 18.8. The fraction of sp³-hybridized carbons (Fsp3) is 0.273. The van der Waals surface area contributed by atoms with Gasteiger partial charge in [-0.1, -0.05) is 24.3 Å².